The average molecular weight is 408 g/mol. The second-order valence-corrected chi connectivity index (χ2v) is 8.11. The third-order valence-corrected chi connectivity index (χ3v) is 5.93. The van der Waals surface area contributed by atoms with Crippen molar-refractivity contribution in [2.45, 2.75) is 64.4 Å². The lowest BCUT2D eigenvalue weighted by molar-refractivity contribution is -0.185. The zero-order chi connectivity index (χ0) is 20.9. The molecule has 0 heterocycles. The largest absolute Gasteiger partial charge is 0.429 e. The van der Waals surface area contributed by atoms with E-state index in [9.17, 15) is 17.6 Å². The molecular formula is C24H28F4O. The van der Waals surface area contributed by atoms with Crippen LogP contribution in [0, 0.1) is 23.5 Å². The second kappa shape index (κ2) is 9.64. The molecule has 0 saturated heterocycles. The fourth-order valence-corrected chi connectivity index (χ4v) is 4.20. The van der Waals surface area contributed by atoms with Crippen molar-refractivity contribution >= 4 is 0 Å². The zero-order valence-electron chi connectivity index (χ0n) is 16.8. The van der Waals surface area contributed by atoms with Gasteiger partial charge in [-0.2, -0.15) is 8.78 Å². The Kier molecular flexibility index (Phi) is 7.20. The molecule has 5 heteroatoms. The van der Waals surface area contributed by atoms with Gasteiger partial charge in [0.1, 0.15) is 5.75 Å². The molecule has 2 aromatic rings. The highest BCUT2D eigenvalue weighted by Crippen LogP contribution is 2.35. The number of hydrogen-bond donors (Lipinski definition) is 0. The smallest absolute Gasteiger partial charge is 0.426 e. The van der Waals surface area contributed by atoms with E-state index < -0.39 is 23.5 Å². The highest BCUT2D eigenvalue weighted by Gasteiger charge is 2.34. The number of benzene rings is 2. The van der Waals surface area contributed by atoms with Crippen molar-refractivity contribution in [1.29, 1.82) is 0 Å². The third kappa shape index (κ3) is 5.97. The molecule has 0 bridgehead atoms. The summed E-state index contributed by atoms with van der Waals surface area (Å²) in [7, 11) is 0. The lowest BCUT2D eigenvalue weighted by Crippen LogP contribution is -2.22. The average Bonchev–Trinajstić information content (AvgIpc) is 2.71. The maximum absolute atomic E-state index is 14.3. The lowest BCUT2D eigenvalue weighted by atomic mass is 9.78. The van der Waals surface area contributed by atoms with Crippen molar-refractivity contribution in [2.75, 3.05) is 0 Å². The minimum Gasteiger partial charge on any atom is -0.429 e. The first kappa shape index (κ1) is 21.7. The Hall–Kier alpha value is -2.04. The van der Waals surface area contributed by atoms with E-state index in [1.54, 1.807) is 12.1 Å². The Bertz CT molecular complexity index is 780. The summed E-state index contributed by atoms with van der Waals surface area (Å²) in [5.74, 6) is -1.15. The first-order valence-corrected chi connectivity index (χ1v) is 10.5. The SMILES string of the molecule is CCC[C@H]1CC[C@H](CCc2ccc(C(F)(F)Oc3ccc(F)c(F)c3)cc2)CC1. The normalized spacial score (nSPS) is 19.9. The molecule has 29 heavy (non-hydrogen) atoms. The summed E-state index contributed by atoms with van der Waals surface area (Å²) in [5, 5.41) is 0. The van der Waals surface area contributed by atoms with Crippen LogP contribution in [-0.4, -0.2) is 0 Å². The van der Waals surface area contributed by atoms with Crippen molar-refractivity contribution in [3.05, 3.63) is 65.2 Å². The molecule has 1 fully saturated rings. The Morgan fingerprint density at radius 2 is 1.48 bits per heavy atom. The Balaban J connectivity index is 1.53. The monoisotopic (exact) mass is 408 g/mol. The summed E-state index contributed by atoms with van der Waals surface area (Å²) >= 11 is 0. The van der Waals surface area contributed by atoms with Gasteiger partial charge in [0, 0.05) is 6.07 Å². The van der Waals surface area contributed by atoms with Gasteiger partial charge < -0.3 is 4.74 Å². The Morgan fingerprint density at radius 1 is 0.862 bits per heavy atom. The van der Waals surface area contributed by atoms with Crippen LogP contribution in [0.5, 0.6) is 5.75 Å². The van der Waals surface area contributed by atoms with Gasteiger partial charge >= 0.3 is 6.11 Å². The van der Waals surface area contributed by atoms with Crippen LogP contribution in [0.2, 0.25) is 0 Å². The standard InChI is InChI=1S/C24H28F4O/c1-2-3-17-4-6-18(7-5-17)8-9-19-10-12-20(13-11-19)24(27,28)29-21-14-15-22(25)23(26)16-21/h10-18H,2-9H2,1H3/t17-,18-. The van der Waals surface area contributed by atoms with Gasteiger partial charge in [-0.15, -0.1) is 0 Å². The van der Waals surface area contributed by atoms with Crippen molar-refractivity contribution in [1.82, 2.24) is 0 Å². The van der Waals surface area contributed by atoms with Crippen molar-refractivity contribution < 1.29 is 22.3 Å². The molecule has 3 rings (SSSR count). The predicted octanol–water partition coefficient (Wildman–Crippen LogP) is 7.63. The third-order valence-electron chi connectivity index (χ3n) is 5.93. The molecule has 1 nitrogen and oxygen atoms in total. The van der Waals surface area contributed by atoms with Gasteiger partial charge in [-0.1, -0.05) is 57.6 Å². The maximum atomic E-state index is 14.3. The summed E-state index contributed by atoms with van der Waals surface area (Å²) < 4.78 is 59.4. The first-order chi connectivity index (χ1) is 13.9. The van der Waals surface area contributed by atoms with Gasteiger partial charge in [0.05, 0.1) is 5.56 Å². The van der Waals surface area contributed by atoms with E-state index in [4.69, 9.17) is 0 Å². The van der Waals surface area contributed by atoms with Crippen LogP contribution in [0.3, 0.4) is 0 Å². The van der Waals surface area contributed by atoms with Gasteiger partial charge in [0.15, 0.2) is 11.6 Å². The number of rotatable bonds is 8. The Labute approximate surface area is 170 Å². The van der Waals surface area contributed by atoms with Crippen LogP contribution in [0.25, 0.3) is 0 Å². The van der Waals surface area contributed by atoms with E-state index in [0.29, 0.717) is 6.07 Å². The number of halogens is 4. The highest BCUT2D eigenvalue weighted by atomic mass is 19.3. The van der Waals surface area contributed by atoms with Crippen LogP contribution < -0.4 is 4.74 Å². The molecule has 0 aliphatic heterocycles. The topological polar surface area (TPSA) is 9.23 Å². The molecule has 0 aromatic heterocycles. The molecule has 0 N–H and O–H groups in total. The molecule has 1 saturated carbocycles. The van der Waals surface area contributed by atoms with E-state index in [1.165, 1.54) is 50.7 Å². The molecule has 158 valence electrons. The second-order valence-electron chi connectivity index (χ2n) is 8.11. The molecule has 0 unspecified atom stereocenters. The molecule has 0 spiro atoms. The van der Waals surface area contributed by atoms with Crippen LogP contribution in [0.4, 0.5) is 17.6 Å². The fourth-order valence-electron chi connectivity index (χ4n) is 4.20. The fraction of sp³-hybridized carbons (Fsp3) is 0.500. The van der Waals surface area contributed by atoms with Crippen molar-refractivity contribution in [3.8, 4) is 5.75 Å². The number of hydrogen-bond acceptors (Lipinski definition) is 1. The first-order valence-electron chi connectivity index (χ1n) is 10.5. The van der Waals surface area contributed by atoms with Crippen LogP contribution >= 0.6 is 0 Å². The minimum atomic E-state index is -3.62. The summed E-state index contributed by atoms with van der Waals surface area (Å²) in [5.41, 5.74) is 0.708. The van der Waals surface area contributed by atoms with Crippen LogP contribution in [0.1, 0.15) is 63.0 Å². The predicted molar refractivity (Wildman–Crippen MR) is 106 cm³/mol. The van der Waals surface area contributed by atoms with E-state index >= 15 is 0 Å². The zero-order valence-corrected chi connectivity index (χ0v) is 16.8. The summed E-state index contributed by atoms with van der Waals surface area (Å²) in [6.07, 6.45) is 6.07. The summed E-state index contributed by atoms with van der Waals surface area (Å²) in [4.78, 5) is 0. The number of alkyl halides is 2. The molecule has 1 aliphatic carbocycles. The van der Waals surface area contributed by atoms with E-state index in [1.807, 2.05) is 0 Å². The number of ether oxygens (including phenoxy) is 1. The minimum absolute atomic E-state index is 0.314. The maximum Gasteiger partial charge on any atom is 0.426 e. The molecule has 2 aromatic carbocycles. The van der Waals surface area contributed by atoms with Gasteiger partial charge in [-0.3, -0.25) is 0 Å². The van der Waals surface area contributed by atoms with Crippen molar-refractivity contribution in [3.63, 3.8) is 0 Å². The van der Waals surface area contributed by atoms with Gasteiger partial charge in [0.25, 0.3) is 0 Å². The van der Waals surface area contributed by atoms with E-state index in [-0.39, 0.29) is 5.56 Å². The van der Waals surface area contributed by atoms with E-state index in [2.05, 4.69) is 11.7 Å². The molecule has 1 aliphatic rings. The molecule has 0 amide bonds. The molecule has 0 atom stereocenters. The van der Waals surface area contributed by atoms with Crippen molar-refractivity contribution in [2.24, 2.45) is 11.8 Å². The van der Waals surface area contributed by atoms with Gasteiger partial charge in [-0.25, -0.2) is 8.78 Å². The molecule has 0 radical (unpaired) electrons. The van der Waals surface area contributed by atoms with Gasteiger partial charge in [0.2, 0.25) is 0 Å². The van der Waals surface area contributed by atoms with Crippen LogP contribution in [-0.2, 0) is 12.5 Å². The quantitative estimate of drug-likeness (QED) is 0.408. The summed E-state index contributed by atoms with van der Waals surface area (Å²) in [6.45, 7) is 2.24. The highest BCUT2D eigenvalue weighted by molar-refractivity contribution is 5.28. The van der Waals surface area contributed by atoms with E-state index in [0.717, 1.165) is 42.4 Å². The number of aryl methyl sites for hydroxylation is 1. The van der Waals surface area contributed by atoms with Crippen LogP contribution in [0.15, 0.2) is 42.5 Å². The Morgan fingerprint density at radius 3 is 2.07 bits per heavy atom. The summed E-state index contributed by atoms with van der Waals surface area (Å²) in [6, 6.07) is 8.43. The lowest BCUT2D eigenvalue weighted by Gasteiger charge is -2.28. The van der Waals surface area contributed by atoms with Gasteiger partial charge in [-0.05, 0) is 54.5 Å². The molecular weight excluding hydrogens is 380 g/mol.